The first kappa shape index (κ1) is 10.6. The van der Waals surface area contributed by atoms with Gasteiger partial charge in [0, 0.05) is 12.1 Å². The summed E-state index contributed by atoms with van der Waals surface area (Å²) < 4.78 is 0. The molecule has 1 aliphatic rings. The topological polar surface area (TPSA) is 71.1 Å². The van der Waals surface area contributed by atoms with Crippen molar-refractivity contribution in [2.75, 3.05) is 0 Å². The van der Waals surface area contributed by atoms with Crippen molar-refractivity contribution in [3.05, 3.63) is 30.1 Å². The van der Waals surface area contributed by atoms with Crippen molar-refractivity contribution in [2.24, 2.45) is 5.92 Å². The van der Waals surface area contributed by atoms with Gasteiger partial charge in [-0.1, -0.05) is 12.5 Å². The molecule has 5 nitrogen and oxygen atoms in total. The molecule has 0 aliphatic heterocycles. The molecule has 1 heterocycles. The van der Waals surface area contributed by atoms with Crippen LogP contribution in [-0.2, 0) is 4.79 Å². The Morgan fingerprint density at radius 2 is 2.06 bits per heavy atom. The summed E-state index contributed by atoms with van der Waals surface area (Å²) >= 11 is 0. The van der Waals surface area contributed by atoms with Crippen LogP contribution >= 0.6 is 0 Å². The zero-order valence-corrected chi connectivity index (χ0v) is 8.77. The van der Waals surface area contributed by atoms with Crippen LogP contribution in [0, 0.1) is 5.92 Å². The summed E-state index contributed by atoms with van der Waals surface area (Å²) in [4.78, 5) is 26.8. The minimum absolute atomic E-state index is 0.0593. The van der Waals surface area contributed by atoms with Crippen molar-refractivity contribution < 1.29 is 9.59 Å². The summed E-state index contributed by atoms with van der Waals surface area (Å²) in [5.41, 5.74) is 5.04. The van der Waals surface area contributed by atoms with Crippen LogP contribution < -0.4 is 10.9 Å². The lowest BCUT2D eigenvalue weighted by atomic mass is 9.85. The fourth-order valence-electron chi connectivity index (χ4n) is 1.45. The molecule has 1 saturated carbocycles. The summed E-state index contributed by atoms with van der Waals surface area (Å²) in [5.74, 6) is -0.451. The summed E-state index contributed by atoms with van der Waals surface area (Å²) in [6.45, 7) is 0. The van der Waals surface area contributed by atoms with E-state index >= 15 is 0 Å². The highest BCUT2D eigenvalue weighted by Crippen LogP contribution is 2.25. The molecular formula is C11H13N3O2. The maximum atomic E-state index is 11.5. The monoisotopic (exact) mass is 219 g/mol. The summed E-state index contributed by atoms with van der Waals surface area (Å²) in [6, 6.07) is 5.03. The molecule has 1 fully saturated rings. The summed E-state index contributed by atoms with van der Waals surface area (Å²) in [7, 11) is 0. The Labute approximate surface area is 93.2 Å². The van der Waals surface area contributed by atoms with Gasteiger partial charge in [-0.25, -0.2) is 0 Å². The number of hydrazine groups is 1. The second-order valence-corrected chi connectivity index (χ2v) is 3.79. The number of hydrogen-bond donors (Lipinski definition) is 2. The van der Waals surface area contributed by atoms with E-state index in [9.17, 15) is 9.59 Å². The van der Waals surface area contributed by atoms with Crippen molar-refractivity contribution in [1.82, 2.24) is 15.8 Å². The average Bonchev–Trinajstić information content (AvgIpc) is 2.25. The van der Waals surface area contributed by atoms with Crippen LogP contribution in [0.5, 0.6) is 0 Å². The van der Waals surface area contributed by atoms with Gasteiger partial charge in [-0.15, -0.1) is 0 Å². The molecule has 2 N–H and O–H groups in total. The van der Waals surface area contributed by atoms with Crippen molar-refractivity contribution in [3.8, 4) is 0 Å². The molecule has 0 bridgehead atoms. The van der Waals surface area contributed by atoms with Crippen LogP contribution in [0.1, 0.15) is 29.8 Å². The molecule has 1 aromatic rings. The Balaban J connectivity index is 1.81. The van der Waals surface area contributed by atoms with Crippen LogP contribution in [0.2, 0.25) is 0 Å². The fraction of sp³-hybridized carbons (Fsp3) is 0.364. The normalized spacial score (nSPS) is 15.0. The summed E-state index contributed by atoms with van der Waals surface area (Å²) in [6.07, 6.45) is 4.44. The number of carbonyl (C=O) groups is 2. The van der Waals surface area contributed by atoms with Gasteiger partial charge in [0.15, 0.2) is 0 Å². The Bertz CT molecular complexity index is 387. The number of nitrogens with one attached hydrogen (secondary N) is 2. The van der Waals surface area contributed by atoms with Gasteiger partial charge >= 0.3 is 0 Å². The van der Waals surface area contributed by atoms with Crippen LogP contribution in [0.4, 0.5) is 0 Å². The van der Waals surface area contributed by atoms with E-state index in [-0.39, 0.29) is 17.5 Å². The van der Waals surface area contributed by atoms with E-state index in [1.165, 1.54) is 6.20 Å². The predicted molar refractivity (Wildman–Crippen MR) is 57.2 cm³/mol. The van der Waals surface area contributed by atoms with Crippen molar-refractivity contribution in [3.63, 3.8) is 0 Å². The van der Waals surface area contributed by atoms with E-state index < -0.39 is 5.91 Å². The maximum absolute atomic E-state index is 11.5. The van der Waals surface area contributed by atoms with Crippen molar-refractivity contribution in [1.29, 1.82) is 0 Å². The number of pyridine rings is 1. The molecule has 0 radical (unpaired) electrons. The zero-order valence-electron chi connectivity index (χ0n) is 8.77. The lowest BCUT2D eigenvalue weighted by Crippen LogP contribution is -2.46. The molecule has 0 saturated heterocycles. The van der Waals surface area contributed by atoms with Crippen LogP contribution in [0.3, 0.4) is 0 Å². The lowest BCUT2D eigenvalue weighted by molar-refractivity contribution is -0.128. The molecule has 0 atom stereocenters. The number of rotatable bonds is 2. The zero-order chi connectivity index (χ0) is 11.4. The Morgan fingerprint density at radius 3 is 2.62 bits per heavy atom. The number of carbonyl (C=O) groups excluding carboxylic acids is 2. The van der Waals surface area contributed by atoms with Gasteiger partial charge in [0.1, 0.15) is 5.69 Å². The minimum Gasteiger partial charge on any atom is -0.273 e. The van der Waals surface area contributed by atoms with Gasteiger partial charge in [-0.05, 0) is 25.0 Å². The molecule has 1 aliphatic carbocycles. The molecule has 1 aromatic heterocycles. The van der Waals surface area contributed by atoms with Gasteiger partial charge in [-0.3, -0.25) is 25.4 Å². The van der Waals surface area contributed by atoms with Crippen molar-refractivity contribution in [2.45, 2.75) is 19.3 Å². The third kappa shape index (κ3) is 2.36. The van der Waals surface area contributed by atoms with E-state index in [0.29, 0.717) is 0 Å². The van der Waals surface area contributed by atoms with E-state index in [2.05, 4.69) is 15.8 Å². The van der Waals surface area contributed by atoms with Gasteiger partial charge in [0.2, 0.25) is 5.91 Å². The Kier molecular flexibility index (Phi) is 3.14. The predicted octanol–water partition coefficient (Wildman–Crippen LogP) is 0.643. The van der Waals surface area contributed by atoms with Gasteiger partial charge < -0.3 is 0 Å². The van der Waals surface area contributed by atoms with Gasteiger partial charge in [-0.2, -0.15) is 0 Å². The number of nitrogens with zero attached hydrogens (tertiary/aromatic N) is 1. The van der Waals surface area contributed by atoms with E-state index in [1.807, 2.05) is 0 Å². The molecule has 16 heavy (non-hydrogen) atoms. The highest BCUT2D eigenvalue weighted by atomic mass is 16.2. The van der Waals surface area contributed by atoms with Crippen molar-refractivity contribution >= 4 is 11.8 Å². The molecular weight excluding hydrogens is 206 g/mol. The molecule has 2 rings (SSSR count). The molecule has 84 valence electrons. The van der Waals surface area contributed by atoms with Gasteiger partial charge in [0.05, 0.1) is 0 Å². The SMILES string of the molecule is O=C(NNC(=O)C1CCC1)c1ccccn1. The minimum atomic E-state index is -0.395. The highest BCUT2D eigenvalue weighted by molar-refractivity contribution is 5.93. The lowest BCUT2D eigenvalue weighted by Gasteiger charge is -2.23. The van der Waals surface area contributed by atoms with Gasteiger partial charge in [0.25, 0.3) is 5.91 Å². The third-order valence-corrected chi connectivity index (χ3v) is 2.67. The molecule has 0 aromatic carbocycles. The number of hydrogen-bond acceptors (Lipinski definition) is 3. The van der Waals surface area contributed by atoms with Crippen LogP contribution in [0.25, 0.3) is 0 Å². The molecule has 0 spiro atoms. The highest BCUT2D eigenvalue weighted by Gasteiger charge is 2.25. The van der Waals surface area contributed by atoms with Crippen LogP contribution in [-0.4, -0.2) is 16.8 Å². The average molecular weight is 219 g/mol. The number of aromatic nitrogens is 1. The largest absolute Gasteiger partial charge is 0.288 e. The first-order valence-corrected chi connectivity index (χ1v) is 5.28. The van der Waals surface area contributed by atoms with E-state index in [0.717, 1.165) is 19.3 Å². The van der Waals surface area contributed by atoms with Crippen LogP contribution in [0.15, 0.2) is 24.4 Å². The quantitative estimate of drug-likeness (QED) is 0.717. The third-order valence-electron chi connectivity index (χ3n) is 2.67. The smallest absolute Gasteiger partial charge is 0.273 e. The first-order valence-electron chi connectivity index (χ1n) is 5.28. The standard InChI is InChI=1S/C11H13N3O2/c15-10(8-4-3-5-8)13-14-11(16)9-6-1-2-7-12-9/h1-2,6-8H,3-5H2,(H,13,15)(H,14,16). The van der Waals surface area contributed by atoms with E-state index in [1.54, 1.807) is 18.2 Å². The van der Waals surface area contributed by atoms with E-state index in [4.69, 9.17) is 0 Å². The Hall–Kier alpha value is -1.91. The maximum Gasteiger partial charge on any atom is 0.288 e. The molecule has 5 heteroatoms. The molecule has 0 unspecified atom stereocenters. The fourth-order valence-corrected chi connectivity index (χ4v) is 1.45. The second-order valence-electron chi connectivity index (χ2n) is 3.79. The second kappa shape index (κ2) is 4.74. The Morgan fingerprint density at radius 1 is 1.25 bits per heavy atom. The first-order chi connectivity index (χ1) is 7.77. The number of amides is 2. The molecule has 2 amide bonds. The summed E-state index contributed by atoms with van der Waals surface area (Å²) in [5, 5.41) is 0.